The second kappa shape index (κ2) is 37.6. The highest BCUT2D eigenvalue weighted by molar-refractivity contribution is 5.83. The van der Waals surface area contributed by atoms with E-state index in [-0.39, 0.29) is 18.5 Å². The fourth-order valence-corrected chi connectivity index (χ4v) is 6.27. The Bertz CT molecular complexity index is 746. The van der Waals surface area contributed by atoms with Crippen molar-refractivity contribution in [2.75, 3.05) is 39.5 Å². The maximum atomic E-state index is 12.6. The summed E-state index contributed by atoms with van der Waals surface area (Å²) in [5.74, 6) is -0.368. The summed E-state index contributed by atoms with van der Waals surface area (Å²) < 4.78 is 11.2. The summed E-state index contributed by atoms with van der Waals surface area (Å²) in [6.07, 6.45) is 34.1. The maximum Gasteiger partial charge on any atom is 0.330 e. The molecule has 0 radical (unpaired) electrons. The van der Waals surface area contributed by atoms with E-state index in [9.17, 15) is 14.7 Å². The van der Waals surface area contributed by atoms with Crippen LogP contribution in [-0.2, 0) is 19.1 Å². The van der Waals surface area contributed by atoms with E-state index in [4.69, 9.17) is 9.47 Å². The summed E-state index contributed by atoms with van der Waals surface area (Å²) in [6, 6.07) is 0. The number of esters is 2. The van der Waals surface area contributed by atoms with Crippen LogP contribution in [0.1, 0.15) is 201 Å². The van der Waals surface area contributed by atoms with E-state index in [0.29, 0.717) is 13.2 Å². The summed E-state index contributed by atoms with van der Waals surface area (Å²) in [6.45, 7) is 12.7. The fourth-order valence-electron chi connectivity index (χ4n) is 6.27. The zero-order chi connectivity index (χ0) is 36.0. The summed E-state index contributed by atoms with van der Waals surface area (Å²) in [4.78, 5) is 27.6. The highest BCUT2D eigenvalue weighted by Crippen LogP contribution is 2.19. The van der Waals surface area contributed by atoms with Crippen LogP contribution in [0.2, 0.25) is 0 Å². The number of aliphatic hydroxyl groups is 1. The Morgan fingerprint density at radius 3 is 1.12 bits per heavy atom. The van der Waals surface area contributed by atoms with Crippen LogP contribution in [0, 0.1) is 0 Å². The van der Waals surface area contributed by atoms with Crippen molar-refractivity contribution in [3.8, 4) is 0 Å². The van der Waals surface area contributed by atoms with Crippen LogP contribution in [-0.4, -0.2) is 61.4 Å². The van der Waals surface area contributed by atoms with Gasteiger partial charge >= 0.3 is 11.9 Å². The fraction of sp³-hybridized carbons (Fsp3) is 0.860. The van der Waals surface area contributed by atoms with Crippen LogP contribution in [0.25, 0.3) is 0 Å². The number of nitrogens with zero attached hydrogens (tertiary/aromatic N) is 1. The number of unbranched alkanes of at least 4 members (excludes halogenated alkanes) is 16. The smallest absolute Gasteiger partial charge is 0.330 e. The predicted octanol–water partition coefficient (Wildman–Crippen LogP) is 11.8. The van der Waals surface area contributed by atoms with Gasteiger partial charge in [-0.05, 0) is 96.6 Å². The molecule has 6 nitrogen and oxygen atoms in total. The monoisotopic (exact) mass is 692 g/mol. The first-order valence-electron chi connectivity index (χ1n) is 21.1. The molecule has 0 aromatic heterocycles. The van der Waals surface area contributed by atoms with E-state index >= 15 is 0 Å². The Morgan fingerprint density at radius 1 is 0.449 bits per heavy atom. The Labute approximate surface area is 304 Å². The molecule has 0 rings (SSSR count). The molecular formula is C43H81NO5. The molecule has 0 aromatic carbocycles. The van der Waals surface area contributed by atoms with Gasteiger partial charge in [0, 0.05) is 25.3 Å². The Morgan fingerprint density at radius 2 is 0.776 bits per heavy atom. The van der Waals surface area contributed by atoms with Gasteiger partial charge in [-0.25, -0.2) is 9.59 Å². The van der Waals surface area contributed by atoms with Crippen LogP contribution in [0.15, 0.2) is 23.3 Å². The number of rotatable bonds is 37. The Kier molecular flexibility index (Phi) is 36.3. The lowest BCUT2D eigenvalue weighted by atomic mass is 10.00. The predicted molar refractivity (Wildman–Crippen MR) is 209 cm³/mol. The Hall–Kier alpha value is -1.66. The van der Waals surface area contributed by atoms with Gasteiger partial charge in [0.15, 0.2) is 0 Å². The van der Waals surface area contributed by atoms with Gasteiger partial charge < -0.3 is 19.5 Å². The molecule has 0 saturated carbocycles. The molecule has 0 fully saturated rings. The maximum absolute atomic E-state index is 12.6. The zero-order valence-electron chi connectivity index (χ0n) is 33.0. The molecule has 0 aliphatic carbocycles. The molecule has 49 heavy (non-hydrogen) atoms. The van der Waals surface area contributed by atoms with Gasteiger partial charge in [-0.2, -0.15) is 0 Å². The number of carbonyl (C=O) groups excluding carboxylic acids is 2. The van der Waals surface area contributed by atoms with E-state index < -0.39 is 0 Å². The first-order chi connectivity index (χ1) is 24.0. The average Bonchev–Trinajstić information content (AvgIpc) is 3.09. The molecule has 0 aliphatic heterocycles. The minimum absolute atomic E-state index is 0.184. The molecule has 0 bridgehead atoms. The van der Waals surface area contributed by atoms with E-state index in [1.54, 1.807) is 12.2 Å². The third-order valence-corrected chi connectivity index (χ3v) is 9.41. The van der Waals surface area contributed by atoms with Crippen molar-refractivity contribution in [2.24, 2.45) is 0 Å². The summed E-state index contributed by atoms with van der Waals surface area (Å²) in [7, 11) is 0. The quantitative estimate of drug-likeness (QED) is 0.0397. The second-order valence-electron chi connectivity index (χ2n) is 14.2. The number of aliphatic hydroxyl groups excluding tert-OH is 1. The van der Waals surface area contributed by atoms with Crippen LogP contribution in [0.5, 0.6) is 0 Å². The van der Waals surface area contributed by atoms with Crippen LogP contribution < -0.4 is 0 Å². The molecule has 0 spiro atoms. The van der Waals surface area contributed by atoms with Crippen molar-refractivity contribution in [1.29, 1.82) is 0 Å². The van der Waals surface area contributed by atoms with Gasteiger partial charge in [0.1, 0.15) is 0 Å². The van der Waals surface area contributed by atoms with Gasteiger partial charge in [-0.3, -0.25) is 0 Å². The normalized spacial score (nSPS) is 12.2. The molecule has 0 heterocycles. The van der Waals surface area contributed by atoms with Gasteiger partial charge in [0.2, 0.25) is 0 Å². The number of hydrogen-bond donors (Lipinski definition) is 1. The average molecular weight is 692 g/mol. The largest absolute Gasteiger partial charge is 0.463 e. The van der Waals surface area contributed by atoms with Crippen molar-refractivity contribution in [1.82, 2.24) is 4.90 Å². The molecule has 1 N–H and O–H groups in total. The van der Waals surface area contributed by atoms with Crippen molar-refractivity contribution < 1.29 is 24.2 Å². The molecule has 0 aromatic rings. The van der Waals surface area contributed by atoms with Crippen molar-refractivity contribution in [3.05, 3.63) is 23.3 Å². The Balaban J connectivity index is 4.54. The number of allylic oxidation sites excluding steroid dienone is 2. The van der Waals surface area contributed by atoms with E-state index in [1.165, 1.54) is 101 Å². The van der Waals surface area contributed by atoms with E-state index in [0.717, 1.165) is 103 Å². The molecule has 6 heteroatoms. The zero-order valence-corrected chi connectivity index (χ0v) is 33.0. The van der Waals surface area contributed by atoms with Gasteiger partial charge in [-0.15, -0.1) is 0 Å². The first-order valence-corrected chi connectivity index (χ1v) is 21.1. The number of ether oxygens (including phenoxy) is 2. The highest BCUT2D eigenvalue weighted by atomic mass is 16.5. The van der Waals surface area contributed by atoms with E-state index in [2.05, 4.69) is 32.6 Å². The molecule has 0 unspecified atom stereocenters. The van der Waals surface area contributed by atoms with Gasteiger partial charge in [0.25, 0.3) is 0 Å². The minimum atomic E-state index is -0.184. The van der Waals surface area contributed by atoms with Crippen LogP contribution in [0.4, 0.5) is 0 Å². The van der Waals surface area contributed by atoms with Crippen LogP contribution >= 0.6 is 0 Å². The molecule has 0 saturated heterocycles. The number of hydrogen-bond acceptors (Lipinski definition) is 6. The standard InChI is InChI=1S/C43H81NO5/c1-5-9-13-17-21-30-40(28-19-15-11-7-3)38-42(46)48-36-25-23-32-44(34-27-35-45)33-24-26-37-49-43(47)39-41(29-20-16-12-8-4)31-22-18-14-10-6-2/h38-39,45H,5-37H2,1-4H3/b40-38+,41-39+. The minimum Gasteiger partial charge on any atom is -0.463 e. The summed E-state index contributed by atoms with van der Waals surface area (Å²) >= 11 is 0. The number of carbonyl (C=O) groups is 2. The van der Waals surface area contributed by atoms with E-state index in [1.807, 2.05) is 0 Å². The highest BCUT2D eigenvalue weighted by Gasteiger charge is 2.09. The molecular weight excluding hydrogens is 610 g/mol. The molecule has 0 amide bonds. The lowest BCUT2D eigenvalue weighted by molar-refractivity contribution is -0.138. The molecule has 0 atom stereocenters. The SMILES string of the molecule is CCCCCCC/C(=C/C(=O)OCCCCN(CCCO)CCCCOC(=O)/C=C(\CCCCCC)CCCCCCC)CCCCCC. The molecule has 288 valence electrons. The third-order valence-electron chi connectivity index (χ3n) is 9.41. The second-order valence-corrected chi connectivity index (χ2v) is 14.2. The lowest BCUT2D eigenvalue weighted by Crippen LogP contribution is -2.28. The third kappa shape index (κ3) is 33.3. The van der Waals surface area contributed by atoms with Crippen LogP contribution in [0.3, 0.4) is 0 Å². The topological polar surface area (TPSA) is 76.1 Å². The van der Waals surface area contributed by atoms with Crippen molar-refractivity contribution >= 4 is 11.9 Å². The van der Waals surface area contributed by atoms with Crippen molar-refractivity contribution in [3.63, 3.8) is 0 Å². The van der Waals surface area contributed by atoms with Gasteiger partial charge in [0.05, 0.1) is 13.2 Å². The summed E-state index contributed by atoms with van der Waals surface area (Å²) in [5, 5.41) is 9.39. The lowest BCUT2D eigenvalue weighted by Gasteiger charge is -2.21. The van der Waals surface area contributed by atoms with Crippen molar-refractivity contribution in [2.45, 2.75) is 201 Å². The van der Waals surface area contributed by atoms with Gasteiger partial charge in [-0.1, -0.05) is 129 Å². The first kappa shape index (κ1) is 47.3. The molecule has 0 aliphatic rings. The summed E-state index contributed by atoms with van der Waals surface area (Å²) in [5.41, 5.74) is 2.52.